The van der Waals surface area contributed by atoms with Crippen LogP contribution in [0.3, 0.4) is 0 Å². The summed E-state index contributed by atoms with van der Waals surface area (Å²) < 4.78 is 19.5. The van der Waals surface area contributed by atoms with Gasteiger partial charge in [0, 0.05) is 23.2 Å². The molecule has 0 unspecified atom stereocenters. The number of furan rings is 1. The van der Waals surface area contributed by atoms with E-state index in [0.29, 0.717) is 11.0 Å². The van der Waals surface area contributed by atoms with Gasteiger partial charge in [0.05, 0.1) is 10.7 Å². The summed E-state index contributed by atoms with van der Waals surface area (Å²) in [6.07, 6.45) is 1.74. The summed E-state index contributed by atoms with van der Waals surface area (Å²) in [4.78, 5) is 0. The molecule has 0 radical (unpaired) electrons. The minimum Gasteiger partial charge on any atom is -0.464 e. The fourth-order valence-electron chi connectivity index (χ4n) is 2.20. The van der Waals surface area contributed by atoms with Crippen LogP contribution in [0.25, 0.3) is 11.0 Å². The lowest BCUT2D eigenvalue weighted by Crippen LogP contribution is -2.01. The van der Waals surface area contributed by atoms with E-state index in [1.165, 1.54) is 6.07 Å². The van der Waals surface area contributed by atoms with Gasteiger partial charge in [-0.15, -0.1) is 0 Å². The molecule has 1 N–H and O–H groups in total. The average molecular weight is 334 g/mol. The highest BCUT2D eigenvalue weighted by atomic mass is 79.9. The summed E-state index contributed by atoms with van der Waals surface area (Å²) >= 11 is 3.18. The predicted molar refractivity (Wildman–Crippen MR) is 82.4 cm³/mol. The monoisotopic (exact) mass is 333 g/mol. The zero-order valence-electron chi connectivity index (χ0n) is 10.9. The van der Waals surface area contributed by atoms with Crippen LogP contribution in [0, 0.1) is 12.7 Å². The summed E-state index contributed by atoms with van der Waals surface area (Å²) in [6.45, 7) is 2.54. The Morgan fingerprint density at radius 1 is 1.25 bits per heavy atom. The number of aryl methyl sites for hydroxylation is 1. The van der Waals surface area contributed by atoms with E-state index in [9.17, 15) is 4.39 Å². The predicted octanol–water partition coefficient (Wildman–Crippen LogP) is 5.25. The molecule has 0 amide bonds. The first-order chi connectivity index (χ1) is 9.65. The van der Waals surface area contributed by atoms with Crippen LogP contribution >= 0.6 is 15.9 Å². The molecule has 1 aromatic heterocycles. The molecule has 1 heterocycles. The van der Waals surface area contributed by atoms with Crippen molar-refractivity contribution in [3.8, 4) is 0 Å². The Labute approximate surface area is 124 Å². The minimum absolute atomic E-state index is 0.268. The van der Waals surface area contributed by atoms with Gasteiger partial charge in [-0.25, -0.2) is 4.39 Å². The molecular weight excluding hydrogens is 321 g/mol. The summed E-state index contributed by atoms with van der Waals surface area (Å²) in [5, 5.41) is 4.33. The molecule has 0 bridgehead atoms. The van der Waals surface area contributed by atoms with Crippen molar-refractivity contribution in [3.05, 3.63) is 64.1 Å². The van der Waals surface area contributed by atoms with Gasteiger partial charge < -0.3 is 9.73 Å². The maximum absolute atomic E-state index is 13.6. The lowest BCUT2D eigenvalue weighted by molar-refractivity contribution is 0.611. The Hall–Kier alpha value is -1.81. The Balaban J connectivity index is 1.85. The maximum atomic E-state index is 13.6. The fourth-order valence-corrected chi connectivity index (χ4v) is 2.65. The Morgan fingerprint density at radius 2 is 2.05 bits per heavy atom. The van der Waals surface area contributed by atoms with E-state index in [1.54, 1.807) is 12.3 Å². The van der Waals surface area contributed by atoms with E-state index >= 15 is 0 Å². The highest BCUT2D eigenvalue weighted by molar-refractivity contribution is 9.10. The largest absolute Gasteiger partial charge is 0.464 e. The van der Waals surface area contributed by atoms with E-state index in [1.807, 2.05) is 31.2 Å². The number of anilines is 1. The number of para-hydroxylation sites is 1. The van der Waals surface area contributed by atoms with E-state index < -0.39 is 0 Å². The molecule has 0 aliphatic rings. The molecule has 20 heavy (non-hydrogen) atoms. The third-order valence-corrected chi connectivity index (χ3v) is 3.91. The van der Waals surface area contributed by atoms with Crippen molar-refractivity contribution in [2.75, 3.05) is 5.32 Å². The van der Waals surface area contributed by atoms with Gasteiger partial charge in [-0.3, -0.25) is 0 Å². The third kappa shape index (κ3) is 2.43. The summed E-state index contributed by atoms with van der Waals surface area (Å²) in [5.41, 5.74) is 3.70. The smallest absolute Gasteiger partial charge is 0.139 e. The molecule has 0 spiro atoms. The quantitative estimate of drug-likeness (QED) is 0.707. The van der Waals surface area contributed by atoms with Crippen LogP contribution in [-0.4, -0.2) is 0 Å². The highest BCUT2D eigenvalue weighted by Crippen LogP contribution is 2.26. The topological polar surface area (TPSA) is 25.2 Å². The van der Waals surface area contributed by atoms with Gasteiger partial charge in [-0.05, 0) is 46.6 Å². The van der Waals surface area contributed by atoms with Gasteiger partial charge in [0.15, 0.2) is 0 Å². The van der Waals surface area contributed by atoms with Gasteiger partial charge in [0.25, 0.3) is 0 Å². The summed E-state index contributed by atoms with van der Waals surface area (Å²) in [6, 6.07) is 11.1. The molecule has 0 aliphatic carbocycles. The molecule has 102 valence electrons. The van der Waals surface area contributed by atoms with E-state index in [2.05, 4.69) is 21.2 Å². The van der Waals surface area contributed by atoms with E-state index in [0.717, 1.165) is 27.8 Å². The maximum Gasteiger partial charge on any atom is 0.139 e. The number of fused-ring (bicyclic) bond motifs is 1. The second-order valence-corrected chi connectivity index (χ2v) is 5.55. The number of hydrogen-bond acceptors (Lipinski definition) is 2. The van der Waals surface area contributed by atoms with Crippen LogP contribution in [0.4, 0.5) is 10.1 Å². The SMILES string of the molecule is Cc1cc(Br)c(F)cc1NCc1coc2ccccc12. The van der Waals surface area contributed by atoms with Crippen molar-refractivity contribution in [2.24, 2.45) is 0 Å². The zero-order chi connectivity index (χ0) is 14.1. The first kappa shape index (κ1) is 13.2. The number of benzene rings is 2. The molecule has 0 fully saturated rings. The van der Waals surface area contributed by atoms with Crippen molar-refractivity contribution >= 4 is 32.6 Å². The normalized spacial score (nSPS) is 10.9. The first-order valence-electron chi connectivity index (χ1n) is 6.30. The van der Waals surface area contributed by atoms with Crippen LogP contribution in [0.15, 0.2) is 51.6 Å². The van der Waals surface area contributed by atoms with Crippen LogP contribution in [0.5, 0.6) is 0 Å². The average Bonchev–Trinajstić information content (AvgIpc) is 2.85. The standard InChI is InChI=1S/C16H13BrFNO/c1-10-6-13(17)14(18)7-15(10)19-8-11-9-20-16-5-3-2-4-12(11)16/h2-7,9,19H,8H2,1H3. The molecule has 3 rings (SSSR count). The van der Waals surface area contributed by atoms with Gasteiger partial charge >= 0.3 is 0 Å². The minimum atomic E-state index is -0.268. The van der Waals surface area contributed by atoms with Crippen molar-refractivity contribution in [1.29, 1.82) is 0 Å². The molecule has 0 saturated heterocycles. The van der Waals surface area contributed by atoms with Crippen molar-refractivity contribution < 1.29 is 8.81 Å². The summed E-state index contributed by atoms with van der Waals surface area (Å²) in [7, 11) is 0. The van der Waals surface area contributed by atoms with Crippen molar-refractivity contribution in [2.45, 2.75) is 13.5 Å². The second-order valence-electron chi connectivity index (χ2n) is 4.69. The molecule has 0 aliphatic heterocycles. The Bertz CT molecular complexity index is 766. The molecule has 2 nitrogen and oxygen atoms in total. The number of nitrogens with one attached hydrogen (secondary N) is 1. The van der Waals surface area contributed by atoms with Crippen LogP contribution in [0.1, 0.15) is 11.1 Å². The molecule has 2 aromatic carbocycles. The molecule has 0 atom stereocenters. The molecular formula is C16H13BrFNO. The molecule has 4 heteroatoms. The van der Waals surface area contributed by atoms with Crippen LogP contribution in [0.2, 0.25) is 0 Å². The third-order valence-electron chi connectivity index (χ3n) is 3.30. The summed E-state index contributed by atoms with van der Waals surface area (Å²) in [5.74, 6) is -0.268. The van der Waals surface area contributed by atoms with Gasteiger partial charge in [0.2, 0.25) is 0 Å². The second kappa shape index (κ2) is 5.29. The fraction of sp³-hybridized carbons (Fsp3) is 0.125. The lowest BCUT2D eigenvalue weighted by atomic mass is 10.1. The lowest BCUT2D eigenvalue weighted by Gasteiger charge is -2.10. The Kier molecular flexibility index (Phi) is 3.49. The molecule has 3 aromatic rings. The van der Waals surface area contributed by atoms with E-state index in [-0.39, 0.29) is 5.82 Å². The Morgan fingerprint density at radius 3 is 2.90 bits per heavy atom. The van der Waals surface area contributed by atoms with Crippen LogP contribution < -0.4 is 5.32 Å². The van der Waals surface area contributed by atoms with Gasteiger partial charge in [-0.1, -0.05) is 18.2 Å². The zero-order valence-corrected chi connectivity index (χ0v) is 12.5. The molecule has 0 saturated carbocycles. The van der Waals surface area contributed by atoms with Gasteiger partial charge in [0.1, 0.15) is 11.4 Å². The van der Waals surface area contributed by atoms with E-state index in [4.69, 9.17) is 4.42 Å². The van der Waals surface area contributed by atoms with Crippen LogP contribution in [-0.2, 0) is 6.54 Å². The van der Waals surface area contributed by atoms with Crippen molar-refractivity contribution in [1.82, 2.24) is 0 Å². The number of hydrogen-bond donors (Lipinski definition) is 1. The highest BCUT2D eigenvalue weighted by Gasteiger charge is 2.08. The first-order valence-corrected chi connectivity index (χ1v) is 7.09. The number of rotatable bonds is 3. The number of halogens is 2. The van der Waals surface area contributed by atoms with Crippen molar-refractivity contribution in [3.63, 3.8) is 0 Å². The van der Waals surface area contributed by atoms with Gasteiger partial charge in [-0.2, -0.15) is 0 Å².